The van der Waals surface area contributed by atoms with Crippen molar-refractivity contribution in [2.24, 2.45) is 0 Å². The maximum absolute atomic E-state index is 12.3. The summed E-state index contributed by atoms with van der Waals surface area (Å²) in [6, 6.07) is 13.5. The van der Waals surface area contributed by atoms with Crippen molar-refractivity contribution in [1.29, 1.82) is 0 Å². The molecule has 26 heavy (non-hydrogen) atoms. The molecule has 8 heteroatoms. The Labute approximate surface area is 154 Å². The highest BCUT2D eigenvalue weighted by molar-refractivity contribution is 6.30. The van der Waals surface area contributed by atoms with Gasteiger partial charge in [0.2, 0.25) is 5.91 Å². The average Bonchev–Trinajstić information content (AvgIpc) is 2.63. The van der Waals surface area contributed by atoms with E-state index in [0.717, 1.165) is 0 Å². The van der Waals surface area contributed by atoms with Crippen LogP contribution in [0.1, 0.15) is 0 Å². The molecule has 0 saturated heterocycles. The van der Waals surface area contributed by atoms with Crippen molar-refractivity contribution in [2.75, 3.05) is 30.0 Å². The third kappa shape index (κ3) is 4.31. The molecule has 0 atom stereocenters. The number of para-hydroxylation sites is 2. The summed E-state index contributed by atoms with van der Waals surface area (Å²) >= 11 is 5.82. The quantitative estimate of drug-likeness (QED) is 0.811. The van der Waals surface area contributed by atoms with E-state index in [-0.39, 0.29) is 19.1 Å². The van der Waals surface area contributed by atoms with Crippen molar-refractivity contribution in [3.63, 3.8) is 0 Å². The number of carbonyl (C=O) groups is 3. The maximum Gasteiger partial charge on any atom is 0.344 e. The smallest absolute Gasteiger partial charge is 0.344 e. The normalized spacial score (nSPS) is 12.8. The predicted octanol–water partition coefficient (Wildman–Crippen LogP) is 2.25. The number of hydrogen-bond acceptors (Lipinski definition) is 5. The molecule has 0 spiro atoms. The standard InChI is InChI=1S/C18H15ClN2O5/c19-12-4-3-5-13(8-12)25-11-18(24)26-10-17(23)21-9-16(22)20-14-6-1-2-7-15(14)21/h1-8H,9-11H2,(H,20,22). The van der Waals surface area contributed by atoms with Gasteiger partial charge in [-0.25, -0.2) is 4.79 Å². The molecule has 134 valence electrons. The Morgan fingerprint density at radius 1 is 1.12 bits per heavy atom. The highest BCUT2D eigenvalue weighted by atomic mass is 35.5. The molecule has 3 rings (SSSR count). The van der Waals surface area contributed by atoms with Gasteiger partial charge < -0.3 is 14.8 Å². The van der Waals surface area contributed by atoms with E-state index in [9.17, 15) is 14.4 Å². The number of nitrogens with one attached hydrogen (secondary N) is 1. The summed E-state index contributed by atoms with van der Waals surface area (Å²) in [6.07, 6.45) is 0. The number of esters is 1. The Balaban J connectivity index is 1.54. The van der Waals surface area contributed by atoms with E-state index in [1.807, 2.05) is 0 Å². The van der Waals surface area contributed by atoms with Gasteiger partial charge in [0, 0.05) is 5.02 Å². The number of anilines is 2. The molecule has 0 unspecified atom stereocenters. The average molecular weight is 375 g/mol. The molecule has 7 nitrogen and oxygen atoms in total. The third-order valence-electron chi connectivity index (χ3n) is 3.58. The second kappa shape index (κ2) is 7.88. The first-order chi connectivity index (χ1) is 12.5. The highest BCUT2D eigenvalue weighted by Gasteiger charge is 2.27. The molecule has 1 aliphatic heterocycles. The topological polar surface area (TPSA) is 84.9 Å². The Morgan fingerprint density at radius 2 is 1.92 bits per heavy atom. The summed E-state index contributed by atoms with van der Waals surface area (Å²) in [6.45, 7) is -0.976. The van der Waals surface area contributed by atoms with Crippen LogP contribution in [-0.4, -0.2) is 37.5 Å². The lowest BCUT2D eigenvalue weighted by molar-refractivity contribution is -0.149. The molecule has 1 aliphatic rings. The number of nitrogens with zero attached hydrogens (tertiary/aromatic N) is 1. The molecule has 1 N–H and O–H groups in total. The van der Waals surface area contributed by atoms with Gasteiger partial charge >= 0.3 is 5.97 Å². The number of fused-ring (bicyclic) bond motifs is 1. The number of ether oxygens (including phenoxy) is 2. The fourth-order valence-corrected chi connectivity index (χ4v) is 2.60. The summed E-state index contributed by atoms with van der Waals surface area (Å²) in [7, 11) is 0. The van der Waals surface area contributed by atoms with E-state index in [1.54, 1.807) is 48.5 Å². The number of benzene rings is 2. The first-order valence-corrected chi connectivity index (χ1v) is 8.14. The zero-order valence-electron chi connectivity index (χ0n) is 13.6. The second-order valence-corrected chi connectivity index (χ2v) is 5.89. The monoisotopic (exact) mass is 374 g/mol. The SMILES string of the molecule is O=C1CN(C(=O)COC(=O)COc2cccc(Cl)c2)c2ccccc2N1. The number of rotatable bonds is 5. The van der Waals surface area contributed by atoms with E-state index in [4.69, 9.17) is 21.1 Å². The molecule has 0 radical (unpaired) electrons. The summed E-state index contributed by atoms with van der Waals surface area (Å²) in [5.41, 5.74) is 1.09. The number of amides is 2. The molecule has 0 bridgehead atoms. The van der Waals surface area contributed by atoms with Gasteiger partial charge in [0.1, 0.15) is 12.3 Å². The minimum atomic E-state index is -0.701. The van der Waals surface area contributed by atoms with Crippen LogP contribution in [0.5, 0.6) is 5.75 Å². The van der Waals surface area contributed by atoms with Crippen LogP contribution in [0.4, 0.5) is 11.4 Å². The molecule has 0 aliphatic carbocycles. The summed E-state index contributed by atoms with van der Waals surface area (Å²) in [5, 5.41) is 3.16. The molecule has 2 amide bonds. The van der Waals surface area contributed by atoms with E-state index in [1.165, 1.54) is 4.90 Å². The molecule has 1 heterocycles. The van der Waals surface area contributed by atoms with Crippen LogP contribution in [0, 0.1) is 0 Å². The molecule has 2 aromatic carbocycles. The van der Waals surface area contributed by atoms with Gasteiger partial charge in [-0.3, -0.25) is 14.5 Å². The first kappa shape index (κ1) is 17.8. The van der Waals surface area contributed by atoms with Gasteiger partial charge in [-0.1, -0.05) is 29.8 Å². The zero-order chi connectivity index (χ0) is 18.5. The van der Waals surface area contributed by atoms with E-state index < -0.39 is 18.5 Å². The Bertz CT molecular complexity index is 855. The van der Waals surface area contributed by atoms with Crippen LogP contribution >= 0.6 is 11.6 Å². The molecule has 0 aromatic heterocycles. The van der Waals surface area contributed by atoms with Crippen molar-refractivity contribution in [2.45, 2.75) is 0 Å². The Hall–Kier alpha value is -3.06. The van der Waals surface area contributed by atoms with Gasteiger partial charge in [0.25, 0.3) is 5.91 Å². The van der Waals surface area contributed by atoms with Crippen molar-refractivity contribution in [1.82, 2.24) is 0 Å². The maximum atomic E-state index is 12.3. The lowest BCUT2D eigenvalue weighted by Gasteiger charge is -2.28. The van der Waals surface area contributed by atoms with Crippen molar-refractivity contribution < 1.29 is 23.9 Å². The number of hydrogen-bond donors (Lipinski definition) is 1. The van der Waals surface area contributed by atoms with Gasteiger partial charge in [-0.15, -0.1) is 0 Å². The fourth-order valence-electron chi connectivity index (χ4n) is 2.42. The summed E-state index contributed by atoms with van der Waals surface area (Å²) < 4.78 is 10.2. The van der Waals surface area contributed by atoms with Crippen LogP contribution in [0.3, 0.4) is 0 Å². The summed E-state index contributed by atoms with van der Waals surface area (Å²) in [5.74, 6) is -1.09. The Morgan fingerprint density at radius 3 is 2.73 bits per heavy atom. The van der Waals surface area contributed by atoms with Crippen molar-refractivity contribution in [3.8, 4) is 5.75 Å². The van der Waals surface area contributed by atoms with Crippen LogP contribution in [-0.2, 0) is 19.1 Å². The summed E-state index contributed by atoms with van der Waals surface area (Å²) in [4.78, 5) is 37.1. The lowest BCUT2D eigenvalue weighted by atomic mass is 10.2. The Kier molecular flexibility index (Phi) is 5.38. The van der Waals surface area contributed by atoms with Crippen molar-refractivity contribution in [3.05, 3.63) is 53.6 Å². The lowest BCUT2D eigenvalue weighted by Crippen LogP contribution is -2.44. The van der Waals surface area contributed by atoms with Gasteiger partial charge in [-0.2, -0.15) is 0 Å². The van der Waals surface area contributed by atoms with Crippen LogP contribution in [0.15, 0.2) is 48.5 Å². The molecule has 2 aromatic rings. The van der Waals surface area contributed by atoms with E-state index >= 15 is 0 Å². The second-order valence-electron chi connectivity index (χ2n) is 5.45. The zero-order valence-corrected chi connectivity index (χ0v) is 14.4. The minimum Gasteiger partial charge on any atom is -0.482 e. The fraction of sp³-hybridized carbons (Fsp3) is 0.167. The van der Waals surface area contributed by atoms with Crippen LogP contribution < -0.4 is 15.0 Å². The van der Waals surface area contributed by atoms with Crippen LogP contribution in [0.2, 0.25) is 5.02 Å². The van der Waals surface area contributed by atoms with Crippen LogP contribution in [0.25, 0.3) is 0 Å². The van der Waals surface area contributed by atoms with Gasteiger partial charge in [0.05, 0.1) is 11.4 Å². The highest BCUT2D eigenvalue weighted by Crippen LogP contribution is 2.28. The molecular formula is C18H15ClN2O5. The largest absolute Gasteiger partial charge is 0.482 e. The molecule has 0 saturated carbocycles. The minimum absolute atomic E-state index is 0.133. The van der Waals surface area contributed by atoms with E-state index in [2.05, 4.69) is 5.32 Å². The molecular weight excluding hydrogens is 360 g/mol. The first-order valence-electron chi connectivity index (χ1n) is 7.76. The third-order valence-corrected chi connectivity index (χ3v) is 3.82. The number of carbonyl (C=O) groups excluding carboxylic acids is 3. The van der Waals surface area contributed by atoms with Crippen molar-refractivity contribution >= 4 is 40.8 Å². The number of halogens is 1. The van der Waals surface area contributed by atoms with E-state index in [0.29, 0.717) is 22.1 Å². The van der Waals surface area contributed by atoms with Gasteiger partial charge in [0.15, 0.2) is 13.2 Å². The van der Waals surface area contributed by atoms with Gasteiger partial charge in [-0.05, 0) is 30.3 Å². The predicted molar refractivity (Wildman–Crippen MR) is 95.3 cm³/mol. The molecule has 0 fully saturated rings.